The lowest BCUT2D eigenvalue weighted by atomic mass is 9.99. The number of carbonyl (C=O) groups excluding carboxylic acids is 1. The number of esters is 1. The Bertz CT molecular complexity index is 821. The minimum atomic E-state index is -1.58. The maximum absolute atomic E-state index is 12.7. The number of aliphatic hydroxyl groups is 5. The highest BCUT2D eigenvalue weighted by atomic mass is 16.7. The topological polar surface area (TPSA) is 146 Å². The average molecular weight is 611 g/mol. The van der Waals surface area contributed by atoms with E-state index in [1.165, 1.54) is 64.2 Å². The zero-order valence-electron chi connectivity index (χ0n) is 26.2. The Morgan fingerprint density at radius 1 is 0.814 bits per heavy atom. The summed E-state index contributed by atoms with van der Waals surface area (Å²) in [4.78, 5) is 12.7. The van der Waals surface area contributed by atoms with Gasteiger partial charge in [0, 0.05) is 6.42 Å². The van der Waals surface area contributed by atoms with Crippen LogP contribution in [0.5, 0.6) is 0 Å². The molecule has 0 spiro atoms. The minimum absolute atomic E-state index is 0.177. The van der Waals surface area contributed by atoms with E-state index in [2.05, 4.69) is 6.92 Å². The van der Waals surface area contributed by atoms with Crippen LogP contribution in [-0.4, -0.2) is 87.6 Å². The van der Waals surface area contributed by atoms with Crippen molar-refractivity contribution in [3.8, 4) is 0 Å². The third-order valence-electron chi connectivity index (χ3n) is 8.28. The zero-order chi connectivity index (χ0) is 31.3. The van der Waals surface area contributed by atoms with Crippen LogP contribution in [0.15, 0.2) is 30.3 Å². The van der Waals surface area contributed by atoms with Crippen LogP contribution < -0.4 is 0 Å². The van der Waals surface area contributed by atoms with Crippen molar-refractivity contribution in [1.29, 1.82) is 0 Å². The molecular weight excluding hydrogens is 552 g/mol. The Morgan fingerprint density at radius 3 is 1.98 bits per heavy atom. The molecule has 1 aromatic carbocycles. The molecular formula is C34H58O9. The zero-order valence-corrected chi connectivity index (χ0v) is 26.2. The van der Waals surface area contributed by atoms with Crippen LogP contribution in [0.2, 0.25) is 0 Å². The van der Waals surface area contributed by atoms with Crippen LogP contribution in [0.25, 0.3) is 0 Å². The Balaban J connectivity index is 1.75. The summed E-state index contributed by atoms with van der Waals surface area (Å²) >= 11 is 0. The molecule has 1 aliphatic heterocycles. The monoisotopic (exact) mass is 610 g/mol. The molecule has 9 heteroatoms. The second-order valence-corrected chi connectivity index (χ2v) is 12.0. The number of ether oxygens (including phenoxy) is 3. The number of benzene rings is 1. The van der Waals surface area contributed by atoms with Crippen LogP contribution in [0.1, 0.15) is 115 Å². The molecule has 1 aliphatic rings. The summed E-state index contributed by atoms with van der Waals surface area (Å²) in [5, 5.41) is 50.8. The van der Waals surface area contributed by atoms with Gasteiger partial charge in [0.2, 0.25) is 0 Å². The number of hydrogen-bond donors (Lipinski definition) is 5. The molecule has 248 valence electrons. The van der Waals surface area contributed by atoms with E-state index in [-0.39, 0.29) is 13.0 Å². The third kappa shape index (κ3) is 15.3. The molecule has 0 aliphatic carbocycles. The molecule has 1 heterocycles. The van der Waals surface area contributed by atoms with Gasteiger partial charge in [-0.05, 0) is 24.8 Å². The molecule has 5 N–H and O–H groups in total. The van der Waals surface area contributed by atoms with E-state index < -0.39 is 55.5 Å². The Hall–Kier alpha value is -1.59. The molecule has 7 atom stereocenters. The molecule has 1 fully saturated rings. The molecule has 9 nitrogen and oxygen atoms in total. The largest absolute Gasteiger partial charge is 0.457 e. The molecule has 43 heavy (non-hydrogen) atoms. The highest BCUT2D eigenvalue weighted by Crippen LogP contribution is 2.23. The van der Waals surface area contributed by atoms with Gasteiger partial charge in [0.25, 0.3) is 0 Å². The summed E-state index contributed by atoms with van der Waals surface area (Å²) in [6, 6.07) is 9.85. The van der Waals surface area contributed by atoms with Crippen LogP contribution in [0.3, 0.4) is 0 Å². The summed E-state index contributed by atoms with van der Waals surface area (Å²) in [6.07, 6.45) is 8.67. The molecule has 0 amide bonds. The summed E-state index contributed by atoms with van der Waals surface area (Å²) in [5.41, 5.74) is 1.13. The van der Waals surface area contributed by atoms with Gasteiger partial charge in [0.05, 0.1) is 19.3 Å². The van der Waals surface area contributed by atoms with E-state index >= 15 is 0 Å². The van der Waals surface area contributed by atoms with Crippen LogP contribution >= 0.6 is 0 Å². The van der Waals surface area contributed by atoms with Gasteiger partial charge in [-0.3, -0.25) is 4.79 Å². The maximum atomic E-state index is 12.7. The Kier molecular flexibility index (Phi) is 20.0. The lowest BCUT2D eigenvalue weighted by molar-refractivity contribution is -0.306. The molecule has 0 radical (unpaired) electrons. The summed E-state index contributed by atoms with van der Waals surface area (Å²) < 4.78 is 16.7. The van der Waals surface area contributed by atoms with Gasteiger partial charge in [0.15, 0.2) is 12.4 Å². The average Bonchev–Trinajstić information content (AvgIpc) is 3.01. The van der Waals surface area contributed by atoms with Gasteiger partial charge in [-0.25, -0.2) is 0 Å². The standard InChI is InChI=1S/C34H58O9/c1-2-3-4-5-6-7-8-9-10-11-12-13-17-22-27(36)29(42-30(37)23-18-21-26-19-15-14-16-20-26)25-41-34-33(40)32(39)31(38)28(24-35)43-34/h14-16,19-20,27-29,31-36,38-40H,2-13,17-18,21-25H2,1H3/t27-,28?,29?,31?,32?,33?,34?/m1/s1. The van der Waals surface area contributed by atoms with E-state index in [0.717, 1.165) is 31.2 Å². The van der Waals surface area contributed by atoms with E-state index in [4.69, 9.17) is 14.2 Å². The van der Waals surface area contributed by atoms with Crippen molar-refractivity contribution in [2.24, 2.45) is 0 Å². The first-order valence-corrected chi connectivity index (χ1v) is 16.7. The second kappa shape index (κ2) is 22.8. The van der Waals surface area contributed by atoms with Crippen LogP contribution in [0.4, 0.5) is 0 Å². The van der Waals surface area contributed by atoms with Crippen molar-refractivity contribution < 1.29 is 44.5 Å². The fourth-order valence-electron chi connectivity index (χ4n) is 5.48. The molecule has 1 saturated heterocycles. The lowest BCUT2D eigenvalue weighted by Crippen LogP contribution is -2.59. The minimum Gasteiger partial charge on any atom is -0.457 e. The van der Waals surface area contributed by atoms with Gasteiger partial charge in [-0.2, -0.15) is 0 Å². The van der Waals surface area contributed by atoms with Crippen LogP contribution in [0, 0.1) is 0 Å². The second-order valence-electron chi connectivity index (χ2n) is 12.0. The summed E-state index contributed by atoms with van der Waals surface area (Å²) in [7, 11) is 0. The van der Waals surface area contributed by atoms with Crippen molar-refractivity contribution in [2.45, 2.75) is 159 Å². The van der Waals surface area contributed by atoms with Gasteiger partial charge < -0.3 is 39.7 Å². The molecule has 2 rings (SSSR count). The first-order chi connectivity index (χ1) is 20.9. The van der Waals surface area contributed by atoms with E-state index in [1.807, 2.05) is 30.3 Å². The molecule has 0 bridgehead atoms. The van der Waals surface area contributed by atoms with Crippen molar-refractivity contribution in [3.05, 3.63) is 35.9 Å². The van der Waals surface area contributed by atoms with Crippen molar-refractivity contribution in [1.82, 2.24) is 0 Å². The van der Waals surface area contributed by atoms with E-state index in [1.54, 1.807) is 0 Å². The lowest BCUT2D eigenvalue weighted by Gasteiger charge is -2.40. The first kappa shape index (κ1) is 37.6. The fraction of sp³-hybridized carbons (Fsp3) is 0.794. The molecule has 6 unspecified atom stereocenters. The fourth-order valence-corrected chi connectivity index (χ4v) is 5.48. The van der Waals surface area contributed by atoms with Crippen molar-refractivity contribution in [2.75, 3.05) is 13.2 Å². The van der Waals surface area contributed by atoms with Gasteiger partial charge in [-0.15, -0.1) is 0 Å². The SMILES string of the molecule is CCCCCCCCCCCCCCC[C@@H](O)C(COC1OC(CO)C(O)C(O)C1O)OC(=O)CCCc1ccccc1. The normalized spacial score (nSPS) is 23.6. The molecule has 1 aromatic rings. The van der Waals surface area contributed by atoms with Crippen molar-refractivity contribution in [3.63, 3.8) is 0 Å². The third-order valence-corrected chi connectivity index (χ3v) is 8.28. The molecule has 0 saturated carbocycles. The predicted octanol–water partition coefficient (Wildman–Crippen LogP) is 4.58. The number of hydrogen-bond acceptors (Lipinski definition) is 9. The number of aryl methyl sites for hydroxylation is 1. The molecule has 0 aromatic heterocycles. The quantitative estimate of drug-likeness (QED) is 0.0839. The first-order valence-electron chi connectivity index (χ1n) is 16.7. The number of aliphatic hydroxyl groups excluding tert-OH is 5. The summed E-state index contributed by atoms with van der Waals surface area (Å²) in [6.45, 7) is 1.39. The predicted molar refractivity (Wildman–Crippen MR) is 165 cm³/mol. The van der Waals surface area contributed by atoms with Gasteiger partial charge >= 0.3 is 5.97 Å². The van der Waals surface area contributed by atoms with Gasteiger partial charge in [-0.1, -0.05) is 121 Å². The maximum Gasteiger partial charge on any atom is 0.306 e. The van der Waals surface area contributed by atoms with E-state index in [0.29, 0.717) is 12.8 Å². The Morgan fingerprint density at radius 2 is 1.40 bits per heavy atom. The highest BCUT2D eigenvalue weighted by Gasteiger charge is 2.44. The Labute approximate surface area is 258 Å². The smallest absolute Gasteiger partial charge is 0.306 e. The van der Waals surface area contributed by atoms with Crippen molar-refractivity contribution >= 4 is 5.97 Å². The number of carbonyl (C=O) groups is 1. The summed E-state index contributed by atoms with van der Waals surface area (Å²) in [5.74, 6) is -0.456. The number of rotatable bonds is 24. The van der Waals surface area contributed by atoms with Crippen LogP contribution in [-0.2, 0) is 25.4 Å². The highest BCUT2D eigenvalue weighted by molar-refractivity contribution is 5.69. The van der Waals surface area contributed by atoms with E-state index in [9.17, 15) is 30.3 Å². The number of unbranched alkanes of at least 4 members (excludes halogenated alkanes) is 12. The van der Waals surface area contributed by atoms with Gasteiger partial charge in [0.1, 0.15) is 24.4 Å².